The first kappa shape index (κ1) is 14.8. The fourth-order valence-corrected chi connectivity index (χ4v) is 4.27. The number of ether oxygens (including phenoxy) is 1. The second-order valence-corrected chi connectivity index (χ2v) is 7.93. The Labute approximate surface area is 126 Å². The fourth-order valence-electron chi connectivity index (χ4n) is 2.74. The normalized spacial score (nSPS) is 21.8. The standard InChI is InChI=1S/C15H22N2O3S/c1-11(12-3-4-12)16-13-9-17(10-13)21(18,19)15-7-5-14(20-2)6-8-15/h5-8,11-13,16H,3-4,9-10H2,1-2H3/t11-/m1/s1. The third-order valence-corrected chi connectivity index (χ3v) is 6.22. The van der Waals surface area contributed by atoms with Gasteiger partial charge in [-0.05, 0) is 49.9 Å². The highest BCUT2D eigenvalue weighted by Crippen LogP contribution is 2.33. The van der Waals surface area contributed by atoms with Crippen LogP contribution in [-0.4, -0.2) is 45.0 Å². The van der Waals surface area contributed by atoms with E-state index in [1.807, 2.05) is 0 Å². The lowest BCUT2D eigenvalue weighted by Crippen LogP contribution is -2.61. The van der Waals surface area contributed by atoms with Gasteiger partial charge >= 0.3 is 0 Å². The van der Waals surface area contributed by atoms with Crippen LogP contribution >= 0.6 is 0 Å². The van der Waals surface area contributed by atoms with Crippen LogP contribution in [-0.2, 0) is 10.0 Å². The minimum Gasteiger partial charge on any atom is -0.497 e. The molecular formula is C15H22N2O3S. The van der Waals surface area contributed by atoms with Crippen LogP contribution < -0.4 is 10.1 Å². The molecule has 1 aliphatic heterocycles. The van der Waals surface area contributed by atoms with E-state index in [0.717, 1.165) is 5.92 Å². The Balaban J connectivity index is 1.58. The van der Waals surface area contributed by atoms with E-state index in [9.17, 15) is 8.42 Å². The molecule has 1 aliphatic carbocycles. The van der Waals surface area contributed by atoms with Gasteiger partial charge in [0.25, 0.3) is 0 Å². The Kier molecular flexibility index (Phi) is 3.94. The first-order chi connectivity index (χ1) is 10.0. The second kappa shape index (κ2) is 5.59. The van der Waals surface area contributed by atoms with Crippen LogP contribution in [0.1, 0.15) is 19.8 Å². The van der Waals surface area contributed by atoms with E-state index in [-0.39, 0.29) is 6.04 Å². The van der Waals surface area contributed by atoms with Gasteiger partial charge in [0, 0.05) is 25.2 Å². The largest absolute Gasteiger partial charge is 0.497 e. The molecule has 5 nitrogen and oxygen atoms in total. The van der Waals surface area contributed by atoms with Gasteiger partial charge in [-0.2, -0.15) is 4.31 Å². The van der Waals surface area contributed by atoms with E-state index in [0.29, 0.717) is 29.8 Å². The van der Waals surface area contributed by atoms with Crippen LogP contribution in [0.4, 0.5) is 0 Å². The van der Waals surface area contributed by atoms with Crippen LogP contribution in [0.3, 0.4) is 0 Å². The van der Waals surface area contributed by atoms with Crippen molar-refractivity contribution in [2.45, 2.75) is 36.7 Å². The molecule has 6 heteroatoms. The summed E-state index contributed by atoms with van der Waals surface area (Å²) in [6.45, 7) is 3.31. The highest BCUT2D eigenvalue weighted by Gasteiger charge is 2.39. The molecule has 0 amide bonds. The van der Waals surface area contributed by atoms with Gasteiger partial charge in [0.2, 0.25) is 10.0 Å². The summed E-state index contributed by atoms with van der Waals surface area (Å²) < 4.78 is 31.5. The van der Waals surface area contributed by atoms with Crippen LogP contribution in [0.25, 0.3) is 0 Å². The summed E-state index contributed by atoms with van der Waals surface area (Å²) in [5.74, 6) is 1.45. The van der Waals surface area contributed by atoms with E-state index >= 15 is 0 Å². The minimum atomic E-state index is -3.36. The van der Waals surface area contributed by atoms with Crippen molar-refractivity contribution in [3.8, 4) is 5.75 Å². The quantitative estimate of drug-likeness (QED) is 0.864. The maximum absolute atomic E-state index is 12.4. The molecule has 2 aliphatic rings. The monoisotopic (exact) mass is 310 g/mol. The number of benzene rings is 1. The van der Waals surface area contributed by atoms with E-state index in [4.69, 9.17) is 4.74 Å². The molecule has 2 fully saturated rings. The number of sulfonamides is 1. The van der Waals surface area contributed by atoms with Crippen molar-refractivity contribution in [2.24, 2.45) is 5.92 Å². The molecule has 0 unspecified atom stereocenters. The molecule has 0 aromatic heterocycles. The van der Waals surface area contributed by atoms with E-state index in [1.54, 1.807) is 31.4 Å². The van der Waals surface area contributed by atoms with Crippen molar-refractivity contribution in [3.63, 3.8) is 0 Å². The van der Waals surface area contributed by atoms with Crippen molar-refractivity contribution >= 4 is 10.0 Å². The molecule has 116 valence electrons. The van der Waals surface area contributed by atoms with E-state index in [1.165, 1.54) is 17.1 Å². The lowest BCUT2D eigenvalue weighted by Gasteiger charge is -2.40. The maximum atomic E-state index is 12.4. The molecule has 1 N–H and O–H groups in total. The SMILES string of the molecule is COc1ccc(S(=O)(=O)N2CC(N[C@H](C)C3CC3)C2)cc1. The van der Waals surface area contributed by atoms with Crippen molar-refractivity contribution in [2.75, 3.05) is 20.2 Å². The molecule has 0 bridgehead atoms. The summed E-state index contributed by atoms with van der Waals surface area (Å²) >= 11 is 0. The molecule has 3 rings (SSSR count). The number of nitrogens with one attached hydrogen (secondary N) is 1. The molecule has 1 saturated carbocycles. The molecule has 1 aromatic rings. The Hall–Kier alpha value is -1.11. The number of hydrogen-bond donors (Lipinski definition) is 1. The third-order valence-electron chi connectivity index (χ3n) is 4.37. The molecule has 1 saturated heterocycles. The lowest BCUT2D eigenvalue weighted by atomic mass is 10.1. The van der Waals surface area contributed by atoms with E-state index in [2.05, 4.69) is 12.2 Å². The van der Waals surface area contributed by atoms with E-state index < -0.39 is 10.0 Å². The average molecular weight is 310 g/mol. The van der Waals surface area contributed by atoms with Crippen LogP contribution in [0.5, 0.6) is 5.75 Å². The van der Waals surface area contributed by atoms with Gasteiger partial charge in [-0.1, -0.05) is 0 Å². The summed E-state index contributed by atoms with van der Waals surface area (Å²) in [6, 6.07) is 7.34. The molecule has 0 spiro atoms. The molecule has 1 atom stereocenters. The van der Waals surface area contributed by atoms with Crippen LogP contribution in [0, 0.1) is 5.92 Å². The highest BCUT2D eigenvalue weighted by atomic mass is 32.2. The van der Waals surface area contributed by atoms with Crippen LogP contribution in [0.15, 0.2) is 29.2 Å². The average Bonchev–Trinajstić information content (AvgIpc) is 3.26. The summed E-state index contributed by atoms with van der Waals surface area (Å²) in [5, 5.41) is 3.52. The van der Waals surface area contributed by atoms with Crippen molar-refractivity contribution in [3.05, 3.63) is 24.3 Å². The summed E-state index contributed by atoms with van der Waals surface area (Å²) in [6.07, 6.45) is 2.60. The van der Waals surface area contributed by atoms with Crippen LogP contribution in [0.2, 0.25) is 0 Å². The molecule has 1 heterocycles. The van der Waals surface area contributed by atoms with Gasteiger partial charge in [-0.25, -0.2) is 8.42 Å². The van der Waals surface area contributed by atoms with Gasteiger partial charge < -0.3 is 10.1 Å². The fraction of sp³-hybridized carbons (Fsp3) is 0.600. The number of hydrogen-bond acceptors (Lipinski definition) is 4. The Morgan fingerprint density at radius 2 is 1.86 bits per heavy atom. The second-order valence-electron chi connectivity index (χ2n) is 5.99. The Morgan fingerprint density at radius 1 is 1.24 bits per heavy atom. The first-order valence-electron chi connectivity index (χ1n) is 7.41. The predicted octanol–water partition coefficient (Wildman–Crippen LogP) is 1.46. The van der Waals surface area contributed by atoms with Gasteiger partial charge in [0.05, 0.1) is 12.0 Å². The van der Waals surface area contributed by atoms with Gasteiger partial charge in [-0.15, -0.1) is 0 Å². The van der Waals surface area contributed by atoms with Crippen molar-refractivity contribution in [1.29, 1.82) is 0 Å². The highest BCUT2D eigenvalue weighted by molar-refractivity contribution is 7.89. The summed E-state index contributed by atoms with van der Waals surface area (Å²) in [4.78, 5) is 0.331. The van der Waals surface area contributed by atoms with Crippen molar-refractivity contribution < 1.29 is 13.2 Å². The predicted molar refractivity (Wildman–Crippen MR) is 80.9 cm³/mol. The molecule has 21 heavy (non-hydrogen) atoms. The van der Waals surface area contributed by atoms with Gasteiger partial charge in [0.1, 0.15) is 5.75 Å². The number of nitrogens with zero attached hydrogens (tertiary/aromatic N) is 1. The maximum Gasteiger partial charge on any atom is 0.243 e. The zero-order chi connectivity index (χ0) is 15.0. The Bertz CT molecular complexity index is 590. The Morgan fingerprint density at radius 3 is 2.38 bits per heavy atom. The number of methoxy groups -OCH3 is 1. The molecular weight excluding hydrogens is 288 g/mol. The minimum absolute atomic E-state index is 0.286. The van der Waals surface area contributed by atoms with Gasteiger partial charge in [-0.3, -0.25) is 0 Å². The summed E-state index contributed by atoms with van der Waals surface area (Å²) in [5.41, 5.74) is 0. The zero-order valence-electron chi connectivity index (χ0n) is 12.5. The van der Waals surface area contributed by atoms with Gasteiger partial charge in [0.15, 0.2) is 0 Å². The lowest BCUT2D eigenvalue weighted by molar-refractivity contribution is 0.208. The topological polar surface area (TPSA) is 58.6 Å². The smallest absolute Gasteiger partial charge is 0.243 e. The zero-order valence-corrected chi connectivity index (χ0v) is 13.3. The summed E-state index contributed by atoms with van der Waals surface area (Å²) in [7, 11) is -1.80. The molecule has 1 aromatic carbocycles. The van der Waals surface area contributed by atoms with Crippen molar-refractivity contribution in [1.82, 2.24) is 9.62 Å². The number of rotatable bonds is 6. The molecule has 0 radical (unpaired) electrons. The first-order valence-corrected chi connectivity index (χ1v) is 8.85. The third kappa shape index (κ3) is 3.07.